The summed E-state index contributed by atoms with van der Waals surface area (Å²) in [6, 6.07) is 5.52. The van der Waals surface area contributed by atoms with Crippen molar-refractivity contribution in [2.24, 2.45) is 0 Å². The summed E-state index contributed by atoms with van der Waals surface area (Å²) in [7, 11) is -7.20. The molecule has 0 bridgehead atoms. The highest BCUT2D eigenvalue weighted by molar-refractivity contribution is 7.89. The number of rotatable bonds is 4. The molecule has 140 valence electrons. The van der Waals surface area contributed by atoms with E-state index in [1.165, 1.54) is 32.9 Å². The lowest BCUT2D eigenvalue weighted by Crippen LogP contribution is -2.48. The zero-order valence-corrected chi connectivity index (χ0v) is 16.1. The maximum absolute atomic E-state index is 12.8. The maximum Gasteiger partial charge on any atom is 0.243 e. The smallest absolute Gasteiger partial charge is 0.243 e. The molecule has 9 heteroatoms. The molecule has 0 radical (unpaired) electrons. The second kappa shape index (κ2) is 6.96. The minimum atomic E-state index is -3.66. The first-order chi connectivity index (χ1) is 11.7. The first-order valence-electron chi connectivity index (χ1n) is 8.47. The molecule has 2 aliphatic rings. The molecule has 0 N–H and O–H groups in total. The van der Waals surface area contributed by atoms with Gasteiger partial charge in [-0.15, -0.1) is 0 Å². The van der Waals surface area contributed by atoms with Crippen molar-refractivity contribution >= 4 is 20.0 Å². The van der Waals surface area contributed by atoms with Gasteiger partial charge in [0.25, 0.3) is 0 Å². The van der Waals surface area contributed by atoms with E-state index >= 15 is 0 Å². The molecule has 1 aromatic carbocycles. The molecule has 2 heterocycles. The van der Waals surface area contributed by atoms with Crippen LogP contribution >= 0.6 is 0 Å². The minimum Gasteiger partial charge on any atom is -0.373 e. The van der Waals surface area contributed by atoms with Gasteiger partial charge in [0.05, 0.1) is 22.0 Å². The van der Waals surface area contributed by atoms with Crippen LogP contribution in [0.1, 0.15) is 26.7 Å². The van der Waals surface area contributed by atoms with Gasteiger partial charge in [0.1, 0.15) is 0 Å². The summed E-state index contributed by atoms with van der Waals surface area (Å²) < 4.78 is 59.1. The lowest BCUT2D eigenvalue weighted by Gasteiger charge is -2.34. The van der Waals surface area contributed by atoms with E-state index in [0.717, 1.165) is 12.8 Å². The van der Waals surface area contributed by atoms with Gasteiger partial charge in [0.2, 0.25) is 20.0 Å². The molecule has 0 amide bonds. The van der Waals surface area contributed by atoms with E-state index in [-0.39, 0.29) is 22.0 Å². The van der Waals surface area contributed by atoms with E-state index in [9.17, 15) is 16.8 Å². The van der Waals surface area contributed by atoms with E-state index < -0.39 is 20.0 Å². The molecule has 3 rings (SSSR count). The number of hydrogen-bond donors (Lipinski definition) is 0. The normalized spacial score (nSPS) is 26.8. The van der Waals surface area contributed by atoms with Crippen LogP contribution in [0.5, 0.6) is 0 Å². The number of benzene rings is 1. The third-order valence-corrected chi connectivity index (χ3v) is 8.31. The molecule has 0 aliphatic carbocycles. The van der Waals surface area contributed by atoms with Gasteiger partial charge in [-0.25, -0.2) is 16.8 Å². The number of morpholine rings is 1. The van der Waals surface area contributed by atoms with E-state index in [2.05, 4.69) is 0 Å². The van der Waals surface area contributed by atoms with Crippen molar-refractivity contribution in [2.45, 2.75) is 48.7 Å². The van der Waals surface area contributed by atoms with E-state index in [4.69, 9.17) is 4.74 Å². The van der Waals surface area contributed by atoms with Crippen molar-refractivity contribution in [3.05, 3.63) is 24.3 Å². The molecule has 0 aromatic heterocycles. The summed E-state index contributed by atoms with van der Waals surface area (Å²) in [5.41, 5.74) is 0. The Morgan fingerprint density at radius 2 is 1.20 bits per heavy atom. The Kier molecular flexibility index (Phi) is 5.23. The molecule has 2 fully saturated rings. The largest absolute Gasteiger partial charge is 0.373 e. The fourth-order valence-electron chi connectivity index (χ4n) is 3.34. The van der Waals surface area contributed by atoms with Crippen molar-refractivity contribution in [3.8, 4) is 0 Å². The highest BCUT2D eigenvalue weighted by Crippen LogP contribution is 2.25. The molecular formula is C16H24N2O5S2. The maximum atomic E-state index is 12.8. The first-order valence-corrected chi connectivity index (χ1v) is 11.3. The molecule has 2 saturated heterocycles. The Hall–Kier alpha value is -1.00. The Labute approximate surface area is 149 Å². The van der Waals surface area contributed by atoms with Gasteiger partial charge >= 0.3 is 0 Å². The first kappa shape index (κ1) is 18.8. The predicted octanol–water partition coefficient (Wildman–Crippen LogP) is 1.27. The van der Waals surface area contributed by atoms with Crippen LogP contribution in [0, 0.1) is 0 Å². The second-order valence-corrected chi connectivity index (χ2v) is 10.5. The number of ether oxygens (including phenoxy) is 1. The zero-order valence-electron chi connectivity index (χ0n) is 14.5. The lowest BCUT2D eigenvalue weighted by molar-refractivity contribution is -0.0440. The molecule has 7 nitrogen and oxygen atoms in total. The van der Waals surface area contributed by atoms with E-state index in [1.807, 2.05) is 13.8 Å². The van der Waals surface area contributed by atoms with Crippen LogP contribution in [0.2, 0.25) is 0 Å². The molecule has 2 aliphatic heterocycles. The highest BCUT2D eigenvalue weighted by atomic mass is 32.2. The standard InChI is InChI=1S/C16H24N2O5S2/c1-13-11-18(12-14(2)23-13)25(21,22)16-7-5-15(6-8-16)24(19,20)17-9-3-4-10-17/h5-8,13-14H,3-4,9-12H2,1-2H3/t13-,14-/m1/s1. The quantitative estimate of drug-likeness (QED) is 0.776. The van der Waals surface area contributed by atoms with Crippen LogP contribution in [0.15, 0.2) is 34.1 Å². The minimum absolute atomic E-state index is 0.106. The van der Waals surface area contributed by atoms with Gasteiger partial charge in [0, 0.05) is 26.2 Å². The van der Waals surface area contributed by atoms with Gasteiger partial charge in [0.15, 0.2) is 0 Å². The summed E-state index contributed by atoms with van der Waals surface area (Å²) in [4.78, 5) is 0.242. The number of nitrogens with zero attached hydrogens (tertiary/aromatic N) is 2. The number of sulfonamides is 2. The topological polar surface area (TPSA) is 84.0 Å². The highest BCUT2D eigenvalue weighted by Gasteiger charge is 2.33. The average Bonchev–Trinajstić information content (AvgIpc) is 3.09. The molecule has 0 unspecified atom stereocenters. The van der Waals surface area contributed by atoms with Crippen LogP contribution in [0.3, 0.4) is 0 Å². The van der Waals surface area contributed by atoms with E-state index in [0.29, 0.717) is 26.2 Å². The van der Waals surface area contributed by atoms with Crippen LogP contribution in [0.4, 0.5) is 0 Å². The SMILES string of the molecule is C[C@@H]1CN(S(=O)(=O)c2ccc(S(=O)(=O)N3CCCC3)cc2)C[C@@H](C)O1. The fraction of sp³-hybridized carbons (Fsp3) is 0.625. The van der Waals surface area contributed by atoms with Gasteiger partial charge in [-0.05, 0) is 51.0 Å². The van der Waals surface area contributed by atoms with E-state index in [1.54, 1.807) is 0 Å². The molecule has 0 saturated carbocycles. The van der Waals surface area contributed by atoms with Crippen LogP contribution < -0.4 is 0 Å². The van der Waals surface area contributed by atoms with Crippen molar-refractivity contribution in [3.63, 3.8) is 0 Å². The van der Waals surface area contributed by atoms with Gasteiger partial charge in [-0.3, -0.25) is 0 Å². The fourth-order valence-corrected chi connectivity index (χ4v) is 6.44. The van der Waals surface area contributed by atoms with Crippen molar-refractivity contribution < 1.29 is 21.6 Å². The van der Waals surface area contributed by atoms with Crippen LogP contribution in [-0.4, -0.2) is 63.8 Å². The summed E-state index contributed by atoms with van der Waals surface area (Å²) in [5.74, 6) is 0. The predicted molar refractivity (Wildman–Crippen MR) is 93.2 cm³/mol. The second-order valence-electron chi connectivity index (χ2n) is 6.66. The Morgan fingerprint density at radius 3 is 1.64 bits per heavy atom. The summed E-state index contributed by atoms with van der Waals surface area (Å²) in [6.45, 7) is 5.30. The summed E-state index contributed by atoms with van der Waals surface area (Å²) in [5, 5.41) is 0. The van der Waals surface area contributed by atoms with Gasteiger partial charge in [-0.2, -0.15) is 8.61 Å². The molecule has 1 aromatic rings. The summed E-state index contributed by atoms with van der Waals surface area (Å²) in [6.07, 6.45) is 1.37. The zero-order chi connectivity index (χ0) is 18.2. The molecule has 0 spiro atoms. The van der Waals surface area contributed by atoms with Crippen molar-refractivity contribution in [2.75, 3.05) is 26.2 Å². The molecular weight excluding hydrogens is 364 g/mol. The Morgan fingerprint density at radius 1 is 0.800 bits per heavy atom. The van der Waals surface area contributed by atoms with Crippen LogP contribution in [0.25, 0.3) is 0 Å². The van der Waals surface area contributed by atoms with Crippen molar-refractivity contribution in [1.82, 2.24) is 8.61 Å². The lowest BCUT2D eigenvalue weighted by atomic mass is 10.3. The van der Waals surface area contributed by atoms with Crippen molar-refractivity contribution in [1.29, 1.82) is 0 Å². The van der Waals surface area contributed by atoms with Gasteiger partial charge < -0.3 is 4.74 Å². The third-order valence-electron chi connectivity index (χ3n) is 4.55. The summed E-state index contributed by atoms with van der Waals surface area (Å²) >= 11 is 0. The molecule has 2 atom stereocenters. The Balaban J connectivity index is 1.84. The van der Waals surface area contributed by atoms with Crippen LogP contribution in [-0.2, 0) is 24.8 Å². The Bertz CT molecular complexity index is 805. The number of hydrogen-bond acceptors (Lipinski definition) is 5. The molecule has 25 heavy (non-hydrogen) atoms. The monoisotopic (exact) mass is 388 g/mol. The van der Waals surface area contributed by atoms with Gasteiger partial charge in [-0.1, -0.05) is 0 Å². The third kappa shape index (κ3) is 3.75. The average molecular weight is 389 g/mol.